The van der Waals surface area contributed by atoms with Crippen LogP contribution in [-0.4, -0.2) is 31.7 Å². The van der Waals surface area contributed by atoms with Crippen LogP contribution >= 0.6 is 11.3 Å². The van der Waals surface area contributed by atoms with Gasteiger partial charge in [-0.05, 0) is 43.3 Å². The van der Waals surface area contributed by atoms with E-state index in [0.717, 1.165) is 21.9 Å². The zero-order valence-electron chi connectivity index (χ0n) is 16.2. The maximum absolute atomic E-state index is 12.3. The minimum absolute atomic E-state index is 0.210. The molecule has 7 nitrogen and oxygen atoms in total. The number of hydrogen-bond acceptors (Lipinski definition) is 7. The van der Waals surface area contributed by atoms with Crippen molar-refractivity contribution >= 4 is 22.4 Å². The molecular formula is C21H19N3O4S. The molecule has 8 heteroatoms. The first-order chi connectivity index (χ1) is 14.0. The maximum Gasteiger partial charge on any atom is 0.264 e. The van der Waals surface area contributed by atoms with Crippen molar-refractivity contribution in [3.63, 3.8) is 0 Å². The first-order valence-electron chi connectivity index (χ1n) is 8.66. The van der Waals surface area contributed by atoms with Gasteiger partial charge in [-0.1, -0.05) is 0 Å². The molecule has 1 N–H and O–H groups in total. The number of benzene rings is 2. The number of rotatable bonds is 7. The molecule has 1 aromatic heterocycles. The SMILES string of the molecule is COc1ccc(-c2nc(NC(=O)COc3ccc(C#N)cc3OC)sc2C)cc1. The van der Waals surface area contributed by atoms with Crippen LogP contribution in [0, 0.1) is 18.3 Å². The Hall–Kier alpha value is -3.57. The number of nitrogens with zero attached hydrogens (tertiary/aromatic N) is 2. The molecule has 0 aliphatic heterocycles. The fraction of sp³-hybridized carbons (Fsp3) is 0.190. The standard InChI is InChI=1S/C21H19N3O4S/c1-13-20(15-5-7-16(26-2)8-6-15)24-21(29-13)23-19(25)12-28-17-9-4-14(11-22)10-18(17)27-3/h4-10H,12H2,1-3H3,(H,23,24,25). The highest BCUT2D eigenvalue weighted by molar-refractivity contribution is 7.16. The monoisotopic (exact) mass is 409 g/mol. The smallest absolute Gasteiger partial charge is 0.264 e. The largest absolute Gasteiger partial charge is 0.497 e. The third-order valence-corrected chi connectivity index (χ3v) is 4.94. The van der Waals surface area contributed by atoms with E-state index >= 15 is 0 Å². The number of amides is 1. The average molecular weight is 409 g/mol. The Morgan fingerprint density at radius 2 is 1.90 bits per heavy atom. The Balaban J connectivity index is 1.65. The summed E-state index contributed by atoms with van der Waals surface area (Å²) in [6.07, 6.45) is 0. The highest BCUT2D eigenvalue weighted by atomic mass is 32.1. The summed E-state index contributed by atoms with van der Waals surface area (Å²) in [5.41, 5.74) is 2.20. The van der Waals surface area contributed by atoms with Crippen molar-refractivity contribution in [1.82, 2.24) is 4.98 Å². The predicted octanol–water partition coefficient (Wildman–Crippen LogP) is 4.02. The van der Waals surface area contributed by atoms with Gasteiger partial charge in [0.1, 0.15) is 5.75 Å². The van der Waals surface area contributed by atoms with Crippen LogP contribution in [0.1, 0.15) is 10.4 Å². The minimum Gasteiger partial charge on any atom is -0.497 e. The number of carbonyl (C=O) groups excluding carboxylic acids is 1. The third kappa shape index (κ3) is 4.83. The minimum atomic E-state index is -0.341. The van der Waals surface area contributed by atoms with Crippen molar-refractivity contribution in [2.24, 2.45) is 0 Å². The molecule has 1 amide bonds. The molecule has 148 valence electrons. The van der Waals surface area contributed by atoms with Gasteiger partial charge >= 0.3 is 0 Å². The molecule has 0 radical (unpaired) electrons. The van der Waals surface area contributed by atoms with E-state index in [0.29, 0.717) is 22.2 Å². The zero-order chi connectivity index (χ0) is 20.8. The van der Waals surface area contributed by atoms with Crippen LogP contribution in [0.15, 0.2) is 42.5 Å². The Labute approximate surface area is 172 Å². The van der Waals surface area contributed by atoms with Crippen molar-refractivity contribution in [3.05, 3.63) is 52.9 Å². The summed E-state index contributed by atoms with van der Waals surface area (Å²) in [5.74, 6) is 1.21. The van der Waals surface area contributed by atoms with Crippen molar-refractivity contribution in [3.8, 4) is 34.6 Å². The number of carbonyl (C=O) groups is 1. The fourth-order valence-corrected chi connectivity index (χ4v) is 3.47. The summed E-state index contributed by atoms with van der Waals surface area (Å²) in [6.45, 7) is 1.74. The van der Waals surface area contributed by atoms with Gasteiger partial charge in [0, 0.05) is 16.5 Å². The molecule has 29 heavy (non-hydrogen) atoms. The molecule has 0 fully saturated rings. The number of methoxy groups -OCH3 is 2. The van der Waals surface area contributed by atoms with Crippen LogP contribution in [0.3, 0.4) is 0 Å². The van der Waals surface area contributed by atoms with Gasteiger partial charge in [-0.3, -0.25) is 10.1 Å². The van der Waals surface area contributed by atoms with Gasteiger partial charge in [-0.25, -0.2) is 4.98 Å². The molecule has 1 heterocycles. The Morgan fingerprint density at radius 3 is 2.55 bits per heavy atom. The lowest BCUT2D eigenvalue weighted by molar-refractivity contribution is -0.118. The third-order valence-electron chi connectivity index (χ3n) is 4.06. The van der Waals surface area contributed by atoms with Gasteiger partial charge in [0.25, 0.3) is 5.91 Å². The van der Waals surface area contributed by atoms with Gasteiger partial charge in [0.2, 0.25) is 0 Å². The van der Waals surface area contributed by atoms with Gasteiger partial charge in [-0.2, -0.15) is 5.26 Å². The van der Waals surface area contributed by atoms with Crippen LogP contribution in [0.4, 0.5) is 5.13 Å². The summed E-state index contributed by atoms with van der Waals surface area (Å²) in [6, 6.07) is 14.4. The van der Waals surface area contributed by atoms with E-state index in [1.807, 2.05) is 37.3 Å². The molecule has 0 atom stereocenters. The quantitative estimate of drug-likeness (QED) is 0.633. The fourth-order valence-electron chi connectivity index (χ4n) is 2.62. The van der Waals surface area contributed by atoms with Crippen LogP contribution in [-0.2, 0) is 4.79 Å². The summed E-state index contributed by atoms with van der Waals surface area (Å²) < 4.78 is 15.9. The van der Waals surface area contributed by atoms with E-state index in [9.17, 15) is 4.79 Å². The Bertz CT molecular complexity index is 1050. The van der Waals surface area contributed by atoms with Gasteiger partial charge < -0.3 is 14.2 Å². The lowest BCUT2D eigenvalue weighted by Gasteiger charge is -2.10. The topological polar surface area (TPSA) is 93.5 Å². The number of nitriles is 1. The molecule has 2 aromatic carbocycles. The van der Waals surface area contributed by atoms with Crippen LogP contribution in [0.2, 0.25) is 0 Å². The first-order valence-corrected chi connectivity index (χ1v) is 9.48. The van der Waals surface area contributed by atoms with E-state index in [1.165, 1.54) is 18.4 Å². The number of aromatic nitrogens is 1. The molecule has 0 bridgehead atoms. The molecule has 0 saturated heterocycles. The molecule has 3 aromatic rings. The molecule has 0 aliphatic rings. The first kappa shape index (κ1) is 20.2. The number of hydrogen-bond donors (Lipinski definition) is 1. The van der Waals surface area contributed by atoms with E-state index in [4.69, 9.17) is 19.5 Å². The summed E-state index contributed by atoms with van der Waals surface area (Å²) in [4.78, 5) is 17.8. The lowest BCUT2D eigenvalue weighted by atomic mass is 10.1. The van der Waals surface area contributed by atoms with Gasteiger partial charge in [0.05, 0.1) is 31.5 Å². The van der Waals surface area contributed by atoms with Crippen LogP contribution < -0.4 is 19.5 Å². The van der Waals surface area contributed by atoms with E-state index in [1.54, 1.807) is 25.3 Å². The lowest BCUT2D eigenvalue weighted by Crippen LogP contribution is -2.20. The molecule has 3 rings (SSSR count). The summed E-state index contributed by atoms with van der Waals surface area (Å²) in [5, 5.41) is 12.2. The highest BCUT2D eigenvalue weighted by Crippen LogP contribution is 2.31. The number of thiazole rings is 1. The second-order valence-electron chi connectivity index (χ2n) is 5.97. The van der Waals surface area contributed by atoms with E-state index in [-0.39, 0.29) is 12.5 Å². The molecule has 0 spiro atoms. The van der Waals surface area contributed by atoms with E-state index < -0.39 is 0 Å². The van der Waals surface area contributed by atoms with Crippen molar-refractivity contribution in [1.29, 1.82) is 5.26 Å². The molecular weight excluding hydrogens is 390 g/mol. The maximum atomic E-state index is 12.3. The van der Waals surface area contributed by atoms with Crippen molar-refractivity contribution < 1.29 is 19.0 Å². The number of ether oxygens (including phenoxy) is 3. The number of aryl methyl sites for hydroxylation is 1. The molecule has 0 unspecified atom stereocenters. The molecule has 0 aliphatic carbocycles. The Kier molecular flexibility index (Phi) is 6.32. The van der Waals surface area contributed by atoms with Crippen LogP contribution in [0.25, 0.3) is 11.3 Å². The highest BCUT2D eigenvalue weighted by Gasteiger charge is 2.14. The second-order valence-corrected chi connectivity index (χ2v) is 7.17. The van der Waals surface area contributed by atoms with Crippen molar-refractivity contribution in [2.45, 2.75) is 6.92 Å². The summed E-state index contributed by atoms with van der Waals surface area (Å²) in [7, 11) is 3.09. The summed E-state index contributed by atoms with van der Waals surface area (Å²) >= 11 is 1.39. The van der Waals surface area contributed by atoms with Crippen LogP contribution in [0.5, 0.6) is 17.2 Å². The second kappa shape index (κ2) is 9.08. The van der Waals surface area contributed by atoms with Crippen molar-refractivity contribution in [2.75, 3.05) is 26.1 Å². The van der Waals surface area contributed by atoms with Gasteiger partial charge in [0.15, 0.2) is 23.2 Å². The Morgan fingerprint density at radius 1 is 1.14 bits per heavy atom. The predicted molar refractivity (Wildman–Crippen MR) is 111 cm³/mol. The average Bonchev–Trinajstić information content (AvgIpc) is 3.11. The molecule has 0 saturated carbocycles. The normalized spacial score (nSPS) is 10.1. The number of nitrogens with one attached hydrogen (secondary N) is 1. The zero-order valence-corrected chi connectivity index (χ0v) is 17.0. The van der Waals surface area contributed by atoms with Gasteiger partial charge in [-0.15, -0.1) is 11.3 Å². The van der Waals surface area contributed by atoms with E-state index in [2.05, 4.69) is 10.3 Å². The number of anilines is 1.